The van der Waals surface area contributed by atoms with E-state index >= 15 is 0 Å². The first-order chi connectivity index (χ1) is 13.4. The minimum atomic E-state index is -5.00. The molecule has 1 heterocycles. The highest BCUT2D eigenvalue weighted by molar-refractivity contribution is 5.89. The number of carbonyl (C=O) groups is 1. The third-order valence-corrected chi connectivity index (χ3v) is 3.48. The Labute approximate surface area is 161 Å². The van der Waals surface area contributed by atoms with Gasteiger partial charge in [-0.15, -0.1) is 0 Å². The molecule has 0 spiro atoms. The molecule has 0 radical (unpaired) electrons. The highest BCUT2D eigenvalue weighted by Crippen LogP contribution is 2.36. The molecule has 2 aromatic rings. The molecule has 2 rings (SSSR count). The average Bonchev–Trinajstić information content (AvgIpc) is 2.64. The lowest BCUT2D eigenvalue weighted by atomic mass is 10.2. The molecule has 0 bridgehead atoms. The number of halogens is 6. The minimum Gasteiger partial charge on any atom is -0.467 e. The fourth-order valence-corrected chi connectivity index (χ4v) is 2.12. The van der Waals surface area contributed by atoms with Crippen LogP contribution in [0.4, 0.5) is 38.0 Å². The lowest BCUT2D eigenvalue weighted by molar-refractivity contribution is -0.159. The Kier molecular flexibility index (Phi) is 6.55. The van der Waals surface area contributed by atoms with Crippen molar-refractivity contribution in [3.8, 4) is 5.88 Å². The van der Waals surface area contributed by atoms with Crippen LogP contribution in [0.2, 0.25) is 0 Å². The summed E-state index contributed by atoms with van der Waals surface area (Å²) in [6.45, 7) is -0.120. The molecule has 0 saturated carbocycles. The second-order valence-electron chi connectivity index (χ2n) is 5.62. The van der Waals surface area contributed by atoms with Gasteiger partial charge in [-0.3, -0.25) is 0 Å². The average molecular weight is 423 g/mol. The largest absolute Gasteiger partial charge is 0.467 e. The third kappa shape index (κ3) is 5.96. The molecule has 0 atom stereocenters. The fraction of sp³-hybridized carbons (Fsp3) is 0.353. The predicted molar refractivity (Wildman–Crippen MR) is 89.0 cm³/mol. The van der Waals surface area contributed by atoms with Crippen LogP contribution in [0, 0.1) is 0 Å². The van der Waals surface area contributed by atoms with E-state index in [-0.39, 0.29) is 18.1 Å². The Balaban J connectivity index is 2.32. The fourth-order valence-electron chi connectivity index (χ4n) is 2.12. The third-order valence-electron chi connectivity index (χ3n) is 3.48. The number of ether oxygens (including phenoxy) is 2. The number of alkyl halides is 6. The van der Waals surface area contributed by atoms with Crippen LogP contribution in [-0.4, -0.2) is 42.4 Å². The van der Waals surface area contributed by atoms with Crippen LogP contribution in [0.25, 0.3) is 0 Å². The second-order valence-corrected chi connectivity index (χ2v) is 5.62. The van der Waals surface area contributed by atoms with Gasteiger partial charge in [0.1, 0.15) is 5.56 Å². The summed E-state index contributed by atoms with van der Waals surface area (Å²) in [5.74, 6) is -2.14. The van der Waals surface area contributed by atoms with E-state index < -0.39 is 36.4 Å². The van der Waals surface area contributed by atoms with Gasteiger partial charge in [-0.25, -0.2) is 9.78 Å². The zero-order valence-electron chi connectivity index (χ0n) is 15.1. The summed E-state index contributed by atoms with van der Waals surface area (Å²) in [4.78, 5) is 19.9. The van der Waals surface area contributed by atoms with Crippen molar-refractivity contribution in [1.82, 2.24) is 9.97 Å². The number of hydrogen-bond acceptors (Lipinski definition) is 6. The maximum absolute atomic E-state index is 13.0. The van der Waals surface area contributed by atoms with Crippen molar-refractivity contribution in [2.24, 2.45) is 0 Å². The first kappa shape index (κ1) is 22.2. The molecule has 1 aromatic heterocycles. The van der Waals surface area contributed by atoms with E-state index in [1.54, 1.807) is 6.92 Å². The molecule has 0 N–H and O–H groups in total. The monoisotopic (exact) mass is 423 g/mol. The molecule has 0 amide bonds. The number of esters is 1. The highest BCUT2D eigenvalue weighted by atomic mass is 19.4. The number of rotatable bonds is 6. The molecule has 158 valence electrons. The molecule has 29 heavy (non-hydrogen) atoms. The first-order valence-electron chi connectivity index (χ1n) is 8.07. The van der Waals surface area contributed by atoms with Crippen molar-refractivity contribution in [2.45, 2.75) is 19.3 Å². The summed E-state index contributed by atoms with van der Waals surface area (Å²) < 4.78 is 85.2. The Morgan fingerprint density at radius 3 is 2.24 bits per heavy atom. The van der Waals surface area contributed by atoms with Crippen LogP contribution in [0.3, 0.4) is 0 Å². The number of aromatic nitrogens is 2. The van der Waals surface area contributed by atoms with Crippen LogP contribution < -0.4 is 9.64 Å². The zero-order valence-corrected chi connectivity index (χ0v) is 15.1. The number of benzene rings is 1. The standard InChI is InChI=1S/C17H15F6N3O3/c1-3-28-14(27)10-4-6-11(7-5-10)26(2)15-24-8-12(17(21,22)23)13(25-15)29-9-16(18,19)20/h4-8H,3,9H2,1-2H3. The number of carbonyl (C=O) groups excluding carboxylic acids is 1. The van der Waals surface area contributed by atoms with Crippen molar-refractivity contribution in [1.29, 1.82) is 0 Å². The van der Waals surface area contributed by atoms with E-state index in [2.05, 4.69) is 14.7 Å². The van der Waals surface area contributed by atoms with Gasteiger partial charge in [0.2, 0.25) is 11.8 Å². The SMILES string of the molecule is CCOC(=O)c1ccc(N(C)c2ncc(C(F)(F)F)c(OCC(F)(F)F)n2)cc1. The molecule has 1 aromatic carbocycles. The highest BCUT2D eigenvalue weighted by Gasteiger charge is 2.38. The maximum Gasteiger partial charge on any atom is 0.423 e. The smallest absolute Gasteiger partial charge is 0.423 e. The van der Waals surface area contributed by atoms with Crippen molar-refractivity contribution < 1.29 is 40.6 Å². The normalized spacial score (nSPS) is 11.9. The van der Waals surface area contributed by atoms with E-state index in [1.165, 1.54) is 36.2 Å². The van der Waals surface area contributed by atoms with Gasteiger partial charge in [-0.1, -0.05) is 0 Å². The van der Waals surface area contributed by atoms with Gasteiger partial charge in [0.15, 0.2) is 6.61 Å². The molecule has 0 aliphatic carbocycles. The molecule has 0 aliphatic rings. The summed E-state index contributed by atoms with van der Waals surface area (Å²) in [5, 5.41) is 0. The van der Waals surface area contributed by atoms with Crippen molar-refractivity contribution in [3.63, 3.8) is 0 Å². The van der Waals surface area contributed by atoms with Crippen molar-refractivity contribution in [3.05, 3.63) is 41.6 Å². The lowest BCUT2D eigenvalue weighted by Crippen LogP contribution is -2.23. The van der Waals surface area contributed by atoms with E-state index in [4.69, 9.17) is 4.74 Å². The molecule has 0 unspecified atom stereocenters. The predicted octanol–water partition coefficient (Wildman–Crippen LogP) is 4.38. The Morgan fingerprint density at radius 2 is 1.72 bits per heavy atom. The quantitative estimate of drug-likeness (QED) is 0.508. The van der Waals surface area contributed by atoms with Crippen LogP contribution in [0.5, 0.6) is 5.88 Å². The van der Waals surface area contributed by atoms with Gasteiger partial charge in [0.25, 0.3) is 0 Å². The van der Waals surface area contributed by atoms with Gasteiger partial charge >= 0.3 is 18.3 Å². The lowest BCUT2D eigenvalue weighted by Gasteiger charge is -2.20. The Morgan fingerprint density at radius 1 is 1.10 bits per heavy atom. The van der Waals surface area contributed by atoms with Gasteiger partial charge in [0, 0.05) is 18.9 Å². The minimum absolute atomic E-state index is 0.181. The summed E-state index contributed by atoms with van der Waals surface area (Å²) in [6, 6.07) is 5.72. The van der Waals surface area contributed by atoms with Gasteiger partial charge in [-0.05, 0) is 31.2 Å². The second kappa shape index (κ2) is 8.53. The van der Waals surface area contributed by atoms with Crippen LogP contribution in [0.1, 0.15) is 22.8 Å². The molecule has 12 heteroatoms. The van der Waals surface area contributed by atoms with Gasteiger partial charge in [-0.2, -0.15) is 31.3 Å². The van der Waals surface area contributed by atoms with Crippen molar-refractivity contribution >= 4 is 17.6 Å². The summed E-state index contributed by atoms with van der Waals surface area (Å²) in [6.07, 6.45) is -9.50. The number of anilines is 2. The van der Waals surface area contributed by atoms with Crippen LogP contribution >= 0.6 is 0 Å². The van der Waals surface area contributed by atoms with E-state index in [0.29, 0.717) is 11.9 Å². The summed E-state index contributed by atoms with van der Waals surface area (Å²) in [7, 11) is 1.38. The van der Waals surface area contributed by atoms with Gasteiger partial charge < -0.3 is 14.4 Å². The molecule has 0 fully saturated rings. The maximum atomic E-state index is 13.0. The molecule has 0 saturated heterocycles. The van der Waals surface area contributed by atoms with Crippen molar-refractivity contribution in [2.75, 3.05) is 25.2 Å². The summed E-state index contributed by atoms with van der Waals surface area (Å²) >= 11 is 0. The van der Waals surface area contributed by atoms with Crippen LogP contribution in [-0.2, 0) is 10.9 Å². The number of nitrogens with zero attached hydrogens (tertiary/aromatic N) is 3. The first-order valence-corrected chi connectivity index (χ1v) is 8.07. The zero-order chi connectivity index (χ0) is 21.8. The van der Waals surface area contributed by atoms with E-state index in [9.17, 15) is 31.1 Å². The molecule has 6 nitrogen and oxygen atoms in total. The van der Waals surface area contributed by atoms with Gasteiger partial charge in [0.05, 0.1) is 12.2 Å². The summed E-state index contributed by atoms with van der Waals surface area (Å²) in [5.41, 5.74) is -0.928. The molecule has 0 aliphatic heterocycles. The van der Waals surface area contributed by atoms with E-state index in [0.717, 1.165) is 0 Å². The van der Waals surface area contributed by atoms with Crippen LogP contribution in [0.15, 0.2) is 30.5 Å². The molecular weight excluding hydrogens is 408 g/mol. The Bertz CT molecular complexity index is 853. The topological polar surface area (TPSA) is 64.5 Å². The Hall–Kier alpha value is -3.05. The molecular formula is C17H15F6N3O3. The number of hydrogen-bond donors (Lipinski definition) is 0. The van der Waals surface area contributed by atoms with E-state index in [1.807, 2.05) is 0 Å².